The topological polar surface area (TPSA) is 205 Å². The Morgan fingerprint density at radius 2 is 1.17 bits per heavy atom. The molecule has 2 saturated heterocycles. The molecule has 0 aliphatic carbocycles. The second kappa shape index (κ2) is 12.0. The summed E-state index contributed by atoms with van der Waals surface area (Å²) >= 11 is 3.00. The van der Waals surface area contributed by atoms with Gasteiger partial charge in [0.1, 0.15) is 13.1 Å². The summed E-state index contributed by atoms with van der Waals surface area (Å²) in [6, 6.07) is -0.579. The molecule has 0 unspecified atom stereocenters. The monoisotopic (exact) mass is 700 g/mol. The lowest BCUT2D eigenvalue weighted by Gasteiger charge is -2.47. The number of rotatable bonds is 8. The smallest absolute Gasteiger partial charge is 0.306 e. The van der Waals surface area contributed by atoms with Crippen molar-refractivity contribution >= 4 is 47.3 Å². The van der Waals surface area contributed by atoms with E-state index in [9.17, 15) is 39.6 Å². The van der Waals surface area contributed by atoms with E-state index in [0.717, 1.165) is 26.2 Å². The molecule has 2 fully saturated rings. The Labute approximate surface area is 283 Å². The number of hydrogen-bond donors (Lipinski definition) is 2. The van der Waals surface area contributed by atoms with Gasteiger partial charge in [-0.1, -0.05) is 13.8 Å². The molecule has 0 radical (unpaired) electrons. The molecule has 16 nitrogen and oxygen atoms in total. The molecule has 18 heteroatoms. The second-order valence-corrected chi connectivity index (χ2v) is 15.9. The highest BCUT2D eigenvalue weighted by molar-refractivity contribution is 8.04. The van der Waals surface area contributed by atoms with Gasteiger partial charge in [0.15, 0.2) is 0 Å². The number of amides is 2. The number of β-lactam (4-membered cyclic amide) rings is 2. The first-order valence-electron chi connectivity index (χ1n) is 15.9. The molecule has 6 aliphatic heterocycles. The number of carboxylic acid groups (broad SMARTS) is 2. The summed E-state index contributed by atoms with van der Waals surface area (Å²) in [5.41, 5.74) is -0.0294. The molecule has 6 aliphatic rings. The van der Waals surface area contributed by atoms with Crippen LogP contribution in [0.25, 0.3) is 0 Å². The fraction of sp³-hybridized carbons (Fsp3) is 0.600. The molecular weight excluding hydrogens is 665 g/mol. The maximum Gasteiger partial charge on any atom is 0.306 e. The predicted octanol–water partition coefficient (Wildman–Crippen LogP) is -3.79. The minimum atomic E-state index is -1.32. The van der Waals surface area contributed by atoms with E-state index in [4.69, 9.17) is 0 Å². The van der Waals surface area contributed by atoms with Crippen molar-refractivity contribution in [3.8, 4) is 0 Å². The third-order valence-electron chi connectivity index (χ3n) is 10.2. The fourth-order valence-electron chi connectivity index (χ4n) is 8.04. The predicted molar refractivity (Wildman–Crippen MR) is 162 cm³/mol. The highest BCUT2D eigenvalue weighted by atomic mass is 32.2. The number of nitrogens with zero attached hydrogens (tertiary/aromatic N) is 8. The van der Waals surface area contributed by atoms with Crippen LogP contribution in [0.5, 0.6) is 0 Å². The molecule has 2 aromatic rings. The molecule has 8 rings (SSSR count). The zero-order valence-corrected chi connectivity index (χ0v) is 28.3. The van der Waals surface area contributed by atoms with Crippen molar-refractivity contribution in [3.63, 3.8) is 0 Å². The van der Waals surface area contributed by atoms with Crippen LogP contribution in [0, 0.1) is 23.7 Å². The van der Waals surface area contributed by atoms with Crippen LogP contribution in [-0.2, 0) is 45.4 Å². The number of thioether (sulfide) groups is 2. The molecule has 8 heterocycles. The Morgan fingerprint density at radius 3 is 1.48 bits per heavy atom. The van der Waals surface area contributed by atoms with E-state index in [-0.39, 0.29) is 57.6 Å². The lowest BCUT2D eigenvalue weighted by Crippen LogP contribution is -2.64. The van der Waals surface area contributed by atoms with Crippen LogP contribution in [-0.4, -0.2) is 97.9 Å². The van der Waals surface area contributed by atoms with E-state index < -0.39 is 36.0 Å². The van der Waals surface area contributed by atoms with E-state index in [1.54, 1.807) is 39.2 Å². The van der Waals surface area contributed by atoms with Gasteiger partial charge in [-0.05, 0) is 23.8 Å². The van der Waals surface area contributed by atoms with Gasteiger partial charge < -0.3 is 39.8 Å². The molecule has 0 bridgehead atoms. The average Bonchev–Trinajstić information content (AvgIpc) is 3.82. The summed E-state index contributed by atoms with van der Waals surface area (Å²) < 4.78 is 7.93. The number of fused-ring (bicyclic) bond motifs is 4. The number of aliphatic carboxylic acids is 2. The number of carboxylic acids is 2. The van der Waals surface area contributed by atoms with Crippen molar-refractivity contribution in [2.24, 2.45) is 23.7 Å². The Hall–Kier alpha value is -3.74. The van der Waals surface area contributed by atoms with E-state index in [0.29, 0.717) is 9.81 Å². The summed E-state index contributed by atoms with van der Waals surface area (Å²) in [6.07, 6.45) is 5.39. The molecule has 0 saturated carbocycles. The van der Waals surface area contributed by atoms with Crippen molar-refractivity contribution in [1.82, 2.24) is 29.1 Å². The van der Waals surface area contributed by atoms with E-state index in [1.807, 2.05) is 32.6 Å². The SMILES string of the molecule is C[C@@H](O)[C@H]1C(=O)N2C(C(=O)[O-])=C(SC3Cn4cnc[n+]4C3)[C@H](C)[C@H]12.C[C@@H](O)[C@H]1C(=O)N2C(C(=O)[O-])=C(SC3Cn4cnc[n+]4C3)[C@H](C)[C@H]12. The van der Waals surface area contributed by atoms with Gasteiger partial charge in [-0.3, -0.25) is 9.59 Å². The zero-order chi connectivity index (χ0) is 34.3. The van der Waals surface area contributed by atoms with E-state index >= 15 is 0 Å². The number of carbonyl (C=O) groups excluding carboxylic acids is 4. The molecule has 256 valence electrons. The Bertz CT molecular complexity index is 1600. The largest absolute Gasteiger partial charge is 0.543 e. The number of aliphatic hydroxyl groups excluding tert-OH is 2. The molecule has 2 aromatic heterocycles. The number of aromatic nitrogens is 6. The van der Waals surface area contributed by atoms with Crippen LogP contribution in [0.2, 0.25) is 0 Å². The van der Waals surface area contributed by atoms with Crippen LogP contribution in [0.4, 0.5) is 0 Å². The third-order valence-corrected chi connectivity index (χ3v) is 13.1. The molecule has 2 N–H and O–H groups in total. The average molecular weight is 701 g/mol. The lowest BCUT2D eigenvalue weighted by molar-refractivity contribution is -0.758. The Balaban J connectivity index is 0.000000152. The second-order valence-electron chi connectivity index (χ2n) is 13.2. The fourth-order valence-corrected chi connectivity index (χ4v) is 11.0. The van der Waals surface area contributed by atoms with Gasteiger partial charge in [0.25, 0.3) is 0 Å². The van der Waals surface area contributed by atoms with E-state index in [2.05, 4.69) is 9.97 Å². The van der Waals surface area contributed by atoms with Gasteiger partial charge in [-0.25, -0.2) is 0 Å². The van der Waals surface area contributed by atoms with Gasteiger partial charge in [-0.15, -0.1) is 23.5 Å². The van der Waals surface area contributed by atoms with Crippen LogP contribution in [0.3, 0.4) is 0 Å². The first kappa shape index (κ1) is 32.8. The molecule has 0 spiro atoms. The maximum atomic E-state index is 12.3. The normalized spacial score (nSPS) is 32.6. The minimum Gasteiger partial charge on any atom is -0.543 e. The highest BCUT2D eigenvalue weighted by Gasteiger charge is 2.60. The summed E-state index contributed by atoms with van der Waals surface area (Å²) in [5, 5.41) is 43.4. The molecular formula is C30H36N8O8S2. The molecule has 8 atom stereocenters. The quantitative estimate of drug-likeness (QED) is 0.201. The van der Waals surface area contributed by atoms with Gasteiger partial charge in [0, 0.05) is 21.6 Å². The summed E-state index contributed by atoms with van der Waals surface area (Å²) in [7, 11) is 0. The Morgan fingerprint density at radius 1 is 0.792 bits per heavy atom. The summed E-state index contributed by atoms with van der Waals surface area (Å²) in [5.74, 6) is -4.62. The van der Waals surface area contributed by atoms with Crippen LogP contribution in [0.15, 0.2) is 46.5 Å². The van der Waals surface area contributed by atoms with Crippen molar-refractivity contribution < 1.29 is 49.0 Å². The van der Waals surface area contributed by atoms with Crippen molar-refractivity contribution in [2.45, 2.75) is 88.7 Å². The lowest BCUT2D eigenvalue weighted by atomic mass is 9.79. The van der Waals surface area contributed by atoms with Crippen molar-refractivity contribution in [3.05, 3.63) is 46.5 Å². The maximum absolute atomic E-state index is 12.3. The highest BCUT2D eigenvalue weighted by Crippen LogP contribution is 2.52. The molecule has 48 heavy (non-hydrogen) atoms. The van der Waals surface area contributed by atoms with Crippen molar-refractivity contribution in [2.75, 3.05) is 0 Å². The molecule has 0 aromatic carbocycles. The minimum absolute atomic E-state index is 0.0147. The van der Waals surface area contributed by atoms with Gasteiger partial charge in [0.2, 0.25) is 24.5 Å². The first-order chi connectivity index (χ1) is 22.8. The van der Waals surface area contributed by atoms with Crippen LogP contribution in [0.1, 0.15) is 27.7 Å². The molecule has 2 amide bonds. The van der Waals surface area contributed by atoms with Gasteiger partial charge in [0.05, 0.1) is 83.0 Å². The summed E-state index contributed by atoms with van der Waals surface area (Å²) in [6.45, 7) is 9.93. The number of hydrogen-bond acceptors (Lipinski definition) is 12. The van der Waals surface area contributed by atoms with Gasteiger partial charge in [-0.2, -0.15) is 18.7 Å². The third kappa shape index (κ3) is 4.97. The van der Waals surface area contributed by atoms with Crippen LogP contribution >= 0.6 is 23.5 Å². The van der Waals surface area contributed by atoms with Crippen LogP contribution < -0.4 is 19.6 Å². The summed E-state index contributed by atoms with van der Waals surface area (Å²) in [4.78, 5) is 60.0. The number of aliphatic hydroxyl groups is 2. The van der Waals surface area contributed by atoms with Gasteiger partial charge >= 0.3 is 12.7 Å². The standard InChI is InChI=1S/2C15H18N4O4S/c2*1-7-11-10(8(2)20)14(21)19(11)12(15(22)23)13(7)24-9-3-17-5-16-6-18(17)4-9/h2*5-11,20H,3-4H2,1-2H3/t2*7-,8-,10-,11-/m11/s1. The van der Waals surface area contributed by atoms with E-state index in [1.165, 1.54) is 33.3 Å². The zero-order valence-electron chi connectivity index (χ0n) is 26.6. The van der Waals surface area contributed by atoms with Crippen molar-refractivity contribution in [1.29, 1.82) is 0 Å². The number of carbonyl (C=O) groups is 4. The Kier molecular flexibility index (Phi) is 8.19. The first-order valence-corrected chi connectivity index (χ1v) is 17.6.